The fraction of sp³-hybridized carbons (Fsp3) is 0.357. The number of benzene rings is 1. The van der Waals surface area contributed by atoms with Gasteiger partial charge in [-0.05, 0) is 18.6 Å². The van der Waals surface area contributed by atoms with Gasteiger partial charge < -0.3 is 20.5 Å². The monoisotopic (exact) mass is 294 g/mol. The first-order valence-corrected chi connectivity index (χ1v) is 6.36. The molecule has 1 aromatic carbocycles. The number of aliphatic carboxylic acids is 1. The molecule has 2 amide bonds. The molecule has 0 aliphatic heterocycles. The molecule has 1 aromatic rings. The number of ether oxygens (including phenoxy) is 1. The van der Waals surface area contributed by atoms with Gasteiger partial charge in [0.05, 0.1) is 19.6 Å². The maximum Gasteiger partial charge on any atom is 0.323 e. The second-order valence-corrected chi connectivity index (χ2v) is 4.47. The molecule has 7 heteroatoms. The zero-order valence-electron chi connectivity index (χ0n) is 11.7. The summed E-state index contributed by atoms with van der Waals surface area (Å²) >= 11 is 0. The lowest BCUT2D eigenvalue weighted by atomic mass is 10.2. The number of primary amides is 1. The molecule has 1 rings (SSSR count). The average molecular weight is 294 g/mol. The van der Waals surface area contributed by atoms with Crippen LogP contribution in [0.5, 0.6) is 5.75 Å². The van der Waals surface area contributed by atoms with Crippen molar-refractivity contribution < 1.29 is 24.2 Å². The number of amides is 2. The van der Waals surface area contributed by atoms with E-state index in [1.807, 2.05) is 25.1 Å². The molecule has 0 aromatic heterocycles. The highest BCUT2D eigenvalue weighted by Gasteiger charge is 2.18. The molecule has 0 fully saturated rings. The Kier molecular flexibility index (Phi) is 6.19. The van der Waals surface area contributed by atoms with Crippen LogP contribution < -0.4 is 10.5 Å². The van der Waals surface area contributed by atoms with E-state index >= 15 is 0 Å². The van der Waals surface area contributed by atoms with Crippen molar-refractivity contribution in [2.45, 2.75) is 13.3 Å². The number of para-hydroxylation sites is 1. The van der Waals surface area contributed by atoms with Crippen LogP contribution in [-0.2, 0) is 14.4 Å². The summed E-state index contributed by atoms with van der Waals surface area (Å²) in [4.78, 5) is 34.3. The van der Waals surface area contributed by atoms with E-state index < -0.39 is 30.9 Å². The predicted octanol–water partition coefficient (Wildman–Crippen LogP) is 0.162. The normalized spacial score (nSPS) is 9.95. The molecule has 0 unspecified atom stereocenters. The van der Waals surface area contributed by atoms with Crippen LogP contribution in [0.15, 0.2) is 24.3 Å². The molecule has 0 saturated heterocycles. The van der Waals surface area contributed by atoms with Gasteiger partial charge in [0, 0.05) is 0 Å². The van der Waals surface area contributed by atoms with E-state index in [2.05, 4.69) is 0 Å². The zero-order valence-corrected chi connectivity index (χ0v) is 11.7. The zero-order chi connectivity index (χ0) is 15.8. The van der Waals surface area contributed by atoms with Gasteiger partial charge in [-0.3, -0.25) is 14.4 Å². The maximum atomic E-state index is 11.9. The number of carbonyl (C=O) groups excluding carboxylic acids is 2. The first-order chi connectivity index (χ1) is 9.90. The van der Waals surface area contributed by atoms with Crippen molar-refractivity contribution in [1.29, 1.82) is 0 Å². The molecule has 3 N–H and O–H groups in total. The number of rotatable bonds is 8. The highest BCUT2D eigenvalue weighted by atomic mass is 16.5. The number of carboxylic acid groups (broad SMARTS) is 1. The van der Waals surface area contributed by atoms with Crippen LogP contribution in [-0.4, -0.2) is 47.5 Å². The summed E-state index contributed by atoms with van der Waals surface area (Å²) in [5, 5.41) is 8.71. The van der Waals surface area contributed by atoms with Crippen LogP contribution in [0.4, 0.5) is 0 Å². The van der Waals surface area contributed by atoms with Crippen LogP contribution in [0, 0.1) is 6.92 Å². The first kappa shape index (κ1) is 16.5. The van der Waals surface area contributed by atoms with Crippen molar-refractivity contribution in [1.82, 2.24) is 4.90 Å². The molecule has 0 aliphatic carbocycles. The molecule has 0 atom stereocenters. The average Bonchev–Trinajstić information content (AvgIpc) is 2.39. The fourth-order valence-corrected chi connectivity index (χ4v) is 1.71. The van der Waals surface area contributed by atoms with Crippen molar-refractivity contribution in [3.05, 3.63) is 29.8 Å². The summed E-state index contributed by atoms with van der Waals surface area (Å²) in [6.45, 7) is 0.987. The van der Waals surface area contributed by atoms with Crippen molar-refractivity contribution in [3.8, 4) is 5.75 Å². The third kappa shape index (κ3) is 5.94. The van der Waals surface area contributed by atoms with Crippen molar-refractivity contribution in [2.24, 2.45) is 5.73 Å². The van der Waals surface area contributed by atoms with Crippen molar-refractivity contribution >= 4 is 17.8 Å². The molecule has 0 spiro atoms. The molecule has 7 nitrogen and oxygen atoms in total. The summed E-state index contributed by atoms with van der Waals surface area (Å²) in [6, 6.07) is 7.34. The molecule has 0 radical (unpaired) electrons. The minimum absolute atomic E-state index is 0.0328. The first-order valence-electron chi connectivity index (χ1n) is 6.36. The largest absolute Gasteiger partial charge is 0.493 e. The number of carboxylic acids is 1. The lowest BCUT2D eigenvalue weighted by Crippen LogP contribution is -2.41. The van der Waals surface area contributed by atoms with Gasteiger partial charge >= 0.3 is 5.97 Å². The third-order valence-corrected chi connectivity index (χ3v) is 2.69. The second kappa shape index (κ2) is 7.88. The minimum Gasteiger partial charge on any atom is -0.493 e. The Morgan fingerprint density at radius 2 is 1.90 bits per heavy atom. The number of nitrogens with zero attached hydrogens (tertiary/aromatic N) is 1. The number of nitrogens with two attached hydrogens (primary N) is 1. The molecule has 114 valence electrons. The Bertz CT molecular complexity index is 514. The lowest BCUT2D eigenvalue weighted by Gasteiger charge is -2.19. The lowest BCUT2D eigenvalue weighted by molar-refractivity contribution is -0.145. The van der Waals surface area contributed by atoms with Gasteiger partial charge in [-0.1, -0.05) is 18.2 Å². The Hall–Kier alpha value is -2.57. The summed E-state index contributed by atoms with van der Waals surface area (Å²) in [6.07, 6.45) is -0.0328. The van der Waals surface area contributed by atoms with Crippen LogP contribution in [0.2, 0.25) is 0 Å². The van der Waals surface area contributed by atoms with E-state index in [1.165, 1.54) is 0 Å². The number of hydrogen-bond acceptors (Lipinski definition) is 4. The van der Waals surface area contributed by atoms with E-state index in [1.54, 1.807) is 6.07 Å². The fourth-order valence-electron chi connectivity index (χ4n) is 1.71. The SMILES string of the molecule is Cc1ccccc1OCCC(=O)N(CC(N)=O)CC(=O)O. The Morgan fingerprint density at radius 1 is 1.24 bits per heavy atom. The molecule has 0 saturated carbocycles. The third-order valence-electron chi connectivity index (χ3n) is 2.69. The van der Waals surface area contributed by atoms with Crippen molar-refractivity contribution in [2.75, 3.05) is 19.7 Å². The van der Waals surface area contributed by atoms with E-state index in [4.69, 9.17) is 15.6 Å². The molecular weight excluding hydrogens is 276 g/mol. The summed E-state index contributed by atoms with van der Waals surface area (Å²) in [7, 11) is 0. The number of carbonyl (C=O) groups is 3. The van der Waals surface area contributed by atoms with Gasteiger partial charge in [-0.15, -0.1) is 0 Å². The number of aryl methyl sites for hydroxylation is 1. The Balaban J connectivity index is 2.51. The van der Waals surface area contributed by atoms with Gasteiger partial charge in [-0.25, -0.2) is 0 Å². The van der Waals surface area contributed by atoms with Gasteiger partial charge in [0.25, 0.3) is 0 Å². The van der Waals surface area contributed by atoms with Crippen molar-refractivity contribution in [3.63, 3.8) is 0 Å². The molecule has 21 heavy (non-hydrogen) atoms. The van der Waals surface area contributed by atoms with E-state index in [-0.39, 0.29) is 13.0 Å². The predicted molar refractivity (Wildman–Crippen MR) is 74.7 cm³/mol. The highest BCUT2D eigenvalue weighted by molar-refractivity contribution is 5.86. The Morgan fingerprint density at radius 3 is 2.48 bits per heavy atom. The smallest absolute Gasteiger partial charge is 0.323 e. The van der Waals surface area contributed by atoms with E-state index in [9.17, 15) is 14.4 Å². The highest BCUT2D eigenvalue weighted by Crippen LogP contribution is 2.16. The van der Waals surface area contributed by atoms with Gasteiger partial charge in [-0.2, -0.15) is 0 Å². The molecular formula is C14H18N2O5. The second-order valence-electron chi connectivity index (χ2n) is 4.47. The van der Waals surface area contributed by atoms with Gasteiger partial charge in [0.15, 0.2) is 0 Å². The van der Waals surface area contributed by atoms with Crippen LogP contribution in [0.3, 0.4) is 0 Å². The van der Waals surface area contributed by atoms with E-state index in [0.29, 0.717) is 5.75 Å². The van der Waals surface area contributed by atoms with Gasteiger partial charge in [0.2, 0.25) is 11.8 Å². The summed E-state index contributed by atoms with van der Waals surface area (Å²) in [5.74, 6) is -1.80. The number of hydrogen-bond donors (Lipinski definition) is 2. The quantitative estimate of drug-likeness (QED) is 0.709. The Labute approximate surface area is 122 Å². The standard InChI is InChI=1S/C14H18N2O5/c1-10-4-2-3-5-11(10)21-7-6-13(18)16(8-12(15)17)9-14(19)20/h2-5H,6-9H2,1H3,(H2,15,17)(H,19,20). The van der Waals surface area contributed by atoms with E-state index in [0.717, 1.165) is 10.5 Å². The summed E-state index contributed by atoms with van der Waals surface area (Å²) in [5.41, 5.74) is 5.92. The van der Waals surface area contributed by atoms with Crippen LogP contribution in [0.25, 0.3) is 0 Å². The van der Waals surface area contributed by atoms with Gasteiger partial charge in [0.1, 0.15) is 12.3 Å². The molecule has 0 heterocycles. The minimum atomic E-state index is -1.20. The summed E-state index contributed by atoms with van der Waals surface area (Å²) < 4.78 is 5.46. The molecule has 0 aliphatic rings. The molecule has 0 bridgehead atoms. The van der Waals surface area contributed by atoms with Crippen LogP contribution >= 0.6 is 0 Å². The van der Waals surface area contributed by atoms with Crippen LogP contribution in [0.1, 0.15) is 12.0 Å². The maximum absolute atomic E-state index is 11.9. The topological polar surface area (TPSA) is 110 Å².